The van der Waals surface area contributed by atoms with Crippen LogP contribution in [0.25, 0.3) is 0 Å². The smallest absolute Gasteiger partial charge is 0.240 e. The van der Waals surface area contributed by atoms with Gasteiger partial charge >= 0.3 is 0 Å². The Kier molecular flexibility index (Phi) is 5.52. The molecule has 1 aromatic rings. The second-order valence-corrected chi connectivity index (χ2v) is 6.18. The molecule has 0 bridgehead atoms. The van der Waals surface area contributed by atoms with Gasteiger partial charge < -0.3 is 5.32 Å². The summed E-state index contributed by atoms with van der Waals surface area (Å²) in [5.74, 6) is -0.0768. The number of aromatic nitrogens is 2. The van der Waals surface area contributed by atoms with Gasteiger partial charge in [-0.1, -0.05) is 0 Å². The summed E-state index contributed by atoms with van der Waals surface area (Å²) in [7, 11) is 0. The predicted molar refractivity (Wildman–Crippen MR) is 88.0 cm³/mol. The van der Waals surface area contributed by atoms with Crippen LogP contribution in [0.1, 0.15) is 62.5 Å². The van der Waals surface area contributed by atoms with E-state index in [4.69, 9.17) is 0 Å². The van der Waals surface area contributed by atoms with Crippen LogP contribution in [0.5, 0.6) is 0 Å². The van der Waals surface area contributed by atoms with E-state index in [1.54, 1.807) is 0 Å². The number of carbonyl (C=O) groups excluding carboxylic acids is 2. The lowest BCUT2D eigenvalue weighted by Gasteiger charge is -2.12. The SMILES string of the molecule is Cc1nn(C(C)C)c(C)c1CNC(=O)CCC1=NNC(=O)CC1. The number of amides is 2. The summed E-state index contributed by atoms with van der Waals surface area (Å²) in [4.78, 5) is 23.0. The molecule has 0 unspecified atom stereocenters. The first-order valence-electron chi connectivity index (χ1n) is 8.04. The second-order valence-electron chi connectivity index (χ2n) is 6.18. The molecule has 0 saturated heterocycles. The monoisotopic (exact) mass is 319 g/mol. The van der Waals surface area contributed by atoms with Crippen LogP contribution in [-0.4, -0.2) is 27.3 Å². The number of nitrogens with one attached hydrogen (secondary N) is 2. The molecule has 0 saturated carbocycles. The Hall–Kier alpha value is -2.18. The minimum atomic E-state index is -0.0636. The van der Waals surface area contributed by atoms with Crippen molar-refractivity contribution in [2.75, 3.05) is 0 Å². The quantitative estimate of drug-likeness (QED) is 0.837. The van der Waals surface area contributed by atoms with Gasteiger partial charge in [-0.25, -0.2) is 5.43 Å². The summed E-state index contributed by atoms with van der Waals surface area (Å²) in [6.07, 6.45) is 2.05. The number of nitrogens with zero attached hydrogens (tertiary/aromatic N) is 3. The molecular weight excluding hydrogens is 294 g/mol. The molecule has 2 amide bonds. The Balaban J connectivity index is 1.84. The number of aryl methyl sites for hydroxylation is 1. The highest BCUT2D eigenvalue weighted by atomic mass is 16.2. The molecule has 1 aromatic heterocycles. The number of hydrazone groups is 1. The summed E-state index contributed by atoms with van der Waals surface area (Å²) in [6, 6.07) is 0.303. The maximum absolute atomic E-state index is 12.0. The highest BCUT2D eigenvalue weighted by Crippen LogP contribution is 2.17. The van der Waals surface area contributed by atoms with Crippen molar-refractivity contribution in [2.45, 2.75) is 66.0 Å². The second kappa shape index (κ2) is 7.39. The lowest BCUT2D eigenvalue weighted by atomic mass is 10.1. The van der Waals surface area contributed by atoms with Gasteiger partial charge in [-0.15, -0.1) is 0 Å². The molecular formula is C16H25N5O2. The zero-order valence-electron chi connectivity index (χ0n) is 14.3. The van der Waals surface area contributed by atoms with E-state index in [1.807, 2.05) is 18.5 Å². The van der Waals surface area contributed by atoms with Crippen LogP contribution in [0.15, 0.2) is 5.10 Å². The lowest BCUT2D eigenvalue weighted by Crippen LogP contribution is -2.27. The molecule has 0 atom stereocenters. The van der Waals surface area contributed by atoms with Gasteiger partial charge in [0.1, 0.15) is 0 Å². The van der Waals surface area contributed by atoms with Crippen LogP contribution >= 0.6 is 0 Å². The Morgan fingerprint density at radius 2 is 2.09 bits per heavy atom. The third-order valence-corrected chi connectivity index (χ3v) is 4.05. The van der Waals surface area contributed by atoms with Crippen molar-refractivity contribution in [3.63, 3.8) is 0 Å². The van der Waals surface area contributed by atoms with Crippen LogP contribution in [0.3, 0.4) is 0 Å². The zero-order chi connectivity index (χ0) is 17.0. The van der Waals surface area contributed by atoms with Gasteiger partial charge in [0.25, 0.3) is 0 Å². The van der Waals surface area contributed by atoms with Gasteiger partial charge in [-0.3, -0.25) is 14.3 Å². The first-order chi connectivity index (χ1) is 10.9. The molecule has 7 heteroatoms. The zero-order valence-corrected chi connectivity index (χ0v) is 14.3. The van der Waals surface area contributed by atoms with E-state index >= 15 is 0 Å². The van der Waals surface area contributed by atoms with E-state index in [2.05, 4.69) is 34.8 Å². The molecule has 0 spiro atoms. The molecule has 1 aliphatic heterocycles. The van der Waals surface area contributed by atoms with Gasteiger partial charge in [0, 0.05) is 42.4 Å². The van der Waals surface area contributed by atoms with Crippen LogP contribution in [0.2, 0.25) is 0 Å². The topological polar surface area (TPSA) is 88.4 Å². The first-order valence-corrected chi connectivity index (χ1v) is 8.04. The number of hydrogen-bond acceptors (Lipinski definition) is 4. The van der Waals surface area contributed by atoms with Crippen molar-refractivity contribution in [3.8, 4) is 0 Å². The van der Waals surface area contributed by atoms with Crippen molar-refractivity contribution < 1.29 is 9.59 Å². The van der Waals surface area contributed by atoms with E-state index in [0.29, 0.717) is 38.3 Å². The van der Waals surface area contributed by atoms with Crippen molar-refractivity contribution in [2.24, 2.45) is 5.10 Å². The normalized spacial score (nSPS) is 14.7. The maximum Gasteiger partial charge on any atom is 0.240 e. The Morgan fingerprint density at radius 1 is 1.35 bits per heavy atom. The van der Waals surface area contributed by atoms with Crippen LogP contribution < -0.4 is 10.7 Å². The number of rotatable bonds is 6. The fourth-order valence-corrected chi connectivity index (χ4v) is 2.68. The standard InChI is InChI=1S/C16H25N5O2/c1-10(2)21-12(4)14(11(3)20-21)9-17-15(22)7-5-13-6-8-16(23)19-18-13/h10H,5-9H2,1-4H3,(H,17,22)(H,19,23). The van der Waals surface area contributed by atoms with Crippen LogP contribution in [-0.2, 0) is 16.1 Å². The number of hydrogen-bond donors (Lipinski definition) is 2. The molecule has 2 rings (SSSR count). The molecule has 0 aromatic carbocycles. The highest BCUT2D eigenvalue weighted by Gasteiger charge is 2.15. The average molecular weight is 319 g/mol. The van der Waals surface area contributed by atoms with E-state index in [-0.39, 0.29) is 11.8 Å². The van der Waals surface area contributed by atoms with E-state index < -0.39 is 0 Å². The molecule has 0 aliphatic carbocycles. The summed E-state index contributed by atoms with van der Waals surface area (Å²) in [5, 5.41) is 11.4. The van der Waals surface area contributed by atoms with Crippen molar-refractivity contribution in [3.05, 3.63) is 17.0 Å². The molecule has 2 N–H and O–H groups in total. The van der Waals surface area contributed by atoms with E-state index in [0.717, 1.165) is 22.7 Å². The van der Waals surface area contributed by atoms with Crippen molar-refractivity contribution >= 4 is 17.5 Å². The summed E-state index contributed by atoms with van der Waals surface area (Å²) in [5.41, 5.74) is 6.45. The summed E-state index contributed by atoms with van der Waals surface area (Å²) >= 11 is 0. The molecule has 0 radical (unpaired) electrons. The molecule has 0 fully saturated rings. The van der Waals surface area contributed by atoms with E-state index in [9.17, 15) is 9.59 Å². The van der Waals surface area contributed by atoms with Gasteiger partial charge in [-0.2, -0.15) is 10.2 Å². The van der Waals surface area contributed by atoms with Crippen molar-refractivity contribution in [1.29, 1.82) is 0 Å². The van der Waals surface area contributed by atoms with Crippen LogP contribution in [0.4, 0.5) is 0 Å². The third-order valence-electron chi connectivity index (χ3n) is 4.05. The van der Waals surface area contributed by atoms with Gasteiger partial charge in [0.05, 0.1) is 5.69 Å². The first kappa shape index (κ1) is 17.2. The van der Waals surface area contributed by atoms with Crippen molar-refractivity contribution in [1.82, 2.24) is 20.5 Å². The minimum Gasteiger partial charge on any atom is -0.352 e. The summed E-state index contributed by atoms with van der Waals surface area (Å²) < 4.78 is 1.98. The largest absolute Gasteiger partial charge is 0.352 e. The Morgan fingerprint density at radius 3 is 2.65 bits per heavy atom. The Bertz CT molecular complexity index is 631. The fourth-order valence-electron chi connectivity index (χ4n) is 2.68. The average Bonchev–Trinajstić information content (AvgIpc) is 2.79. The maximum atomic E-state index is 12.0. The van der Waals surface area contributed by atoms with Gasteiger partial charge in [0.15, 0.2) is 0 Å². The third kappa shape index (κ3) is 4.40. The molecule has 23 heavy (non-hydrogen) atoms. The number of carbonyl (C=O) groups is 2. The molecule has 2 heterocycles. The molecule has 126 valence electrons. The fraction of sp³-hybridized carbons (Fsp3) is 0.625. The predicted octanol–water partition coefficient (Wildman–Crippen LogP) is 1.74. The van der Waals surface area contributed by atoms with Gasteiger partial charge in [-0.05, 0) is 40.5 Å². The minimum absolute atomic E-state index is 0.0132. The molecule has 7 nitrogen and oxygen atoms in total. The highest BCUT2D eigenvalue weighted by molar-refractivity contribution is 5.94. The summed E-state index contributed by atoms with van der Waals surface area (Å²) in [6.45, 7) is 8.66. The van der Waals surface area contributed by atoms with Crippen LogP contribution in [0, 0.1) is 13.8 Å². The van der Waals surface area contributed by atoms with E-state index in [1.165, 1.54) is 0 Å². The Labute approximate surface area is 136 Å². The lowest BCUT2D eigenvalue weighted by molar-refractivity contribution is -0.121. The molecule has 1 aliphatic rings. The van der Waals surface area contributed by atoms with Gasteiger partial charge in [0.2, 0.25) is 11.8 Å².